The van der Waals surface area contributed by atoms with Gasteiger partial charge in [-0.3, -0.25) is 39.2 Å². The van der Waals surface area contributed by atoms with Gasteiger partial charge < -0.3 is 9.80 Å². The summed E-state index contributed by atoms with van der Waals surface area (Å²) in [5.41, 5.74) is -0.506. The number of nitrogens with one attached hydrogen (secondary N) is 1. The molecule has 206 valence electrons. The third kappa shape index (κ3) is 3.84. The molecule has 12 nitrogen and oxygen atoms in total. The number of amides is 8. The number of benzene rings is 1. The third-order valence-electron chi connectivity index (χ3n) is 8.06. The van der Waals surface area contributed by atoms with Crippen molar-refractivity contribution < 1.29 is 28.8 Å². The summed E-state index contributed by atoms with van der Waals surface area (Å²) >= 11 is 0. The Morgan fingerprint density at radius 2 is 1.59 bits per heavy atom. The van der Waals surface area contributed by atoms with Gasteiger partial charge in [0.2, 0.25) is 11.8 Å². The molecule has 1 unspecified atom stereocenters. The highest BCUT2D eigenvalue weighted by Crippen LogP contribution is 2.47. The number of carbonyl (C=O) groups excluding carboxylic acids is 6. The second kappa shape index (κ2) is 8.73. The van der Waals surface area contributed by atoms with E-state index in [9.17, 15) is 28.8 Å². The smallest absolute Gasteiger partial charge is 0.332 e. The minimum Gasteiger partial charge on any atom is -0.364 e. The zero-order valence-corrected chi connectivity index (χ0v) is 22.9. The second-order valence-electron chi connectivity index (χ2n) is 11.6. The molecule has 0 aliphatic carbocycles. The number of likely N-dealkylation sites (N-methyl/N-ethyl adjacent to an activating group) is 1. The maximum Gasteiger partial charge on any atom is 0.332 e. The Kier molecular flexibility index (Phi) is 5.94. The Bertz CT molecular complexity index is 1350. The average molecular weight is 537 g/mol. The van der Waals surface area contributed by atoms with E-state index in [0.717, 1.165) is 26.9 Å². The molecule has 3 fully saturated rings. The van der Waals surface area contributed by atoms with Crippen LogP contribution in [0.15, 0.2) is 23.8 Å². The SMILES string of the molecule is CN1CCN2c3ccc(C=C4C(=O)NC(=O)N(C(C)(C)C)C4=O)cc3CC3(C(=O)N(C)C(=O)N(C)C3=O)C2C1. The van der Waals surface area contributed by atoms with Crippen molar-refractivity contribution in [2.45, 2.75) is 38.8 Å². The van der Waals surface area contributed by atoms with Crippen molar-refractivity contribution >= 4 is 47.5 Å². The van der Waals surface area contributed by atoms with Crippen LogP contribution in [0.1, 0.15) is 31.9 Å². The molecule has 1 spiro atoms. The number of rotatable bonds is 1. The first-order valence-electron chi connectivity index (χ1n) is 12.8. The Labute approximate surface area is 226 Å². The molecule has 1 N–H and O–H groups in total. The lowest BCUT2D eigenvalue weighted by Gasteiger charge is -2.55. The van der Waals surface area contributed by atoms with Crippen LogP contribution in [0.5, 0.6) is 0 Å². The lowest BCUT2D eigenvalue weighted by Crippen LogP contribution is -2.74. The number of piperazine rings is 1. The summed E-state index contributed by atoms with van der Waals surface area (Å²) in [5.74, 6) is -2.59. The Morgan fingerprint density at radius 3 is 2.21 bits per heavy atom. The van der Waals surface area contributed by atoms with E-state index >= 15 is 0 Å². The molecule has 3 saturated heterocycles. The predicted molar refractivity (Wildman–Crippen MR) is 140 cm³/mol. The molecule has 0 radical (unpaired) electrons. The maximum absolute atomic E-state index is 13.8. The Hall–Kier alpha value is -4.06. The van der Waals surface area contributed by atoms with Gasteiger partial charge in [0.05, 0.1) is 6.04 Å². The number of barbiturate groups is 2. The molecule has 12 heteroatoms. The molecule has 0 aromatic heterocycles. The number of fused-ring (bicyclic) bond motifs is 4. The van der Waals surface area contributed by atoms with Crippen molar-refractivity contribution in [2.75, 3.05) is 45.7 Å². The lowest BCUT2D eigenvalue weighted by molar-refractivity contribution is -0.160. The molecule has 1 atom stereocenters. The highest BCUT2D eigenvalue weighted by molar-refractivity contribution is 6.31. The number of anilines is 1. The maximum atomic E-state index is 13.8. The quantitative estimate of drug-likeness (QED) is 0.315. The number of carbonyl (C=O) groups is 6. The highest BCUT2D eigenvalue weighted by atomic mass is 16.2. The molecule has 1 aromatic carbocycles. The van der Waals surface area contributed by atoms with Gasteiger partial charge in [0.25, 0.3) is 11.8 Å². The number of hydrogen-bond donors (Lipinski definition) is 1. The normalized spacial score (nSPS) is 25.0. The number of urea groups is 2. The fraction of sp³-hybridized carbons (Fsp3) is 0.481. The third-order valence-corrected chi connectivity index (χ3v) is 8.06. The molecular weight excluding hydrogens is 504 g/mol. The van der Waals surface area contributed by atoms with E-state index in [4.69, 9.17) is 0 Å². The van der Waals surface area contributed by atoms with Gasteiger partial charge in [0, 0.05) is 45.0 Å². The lowest BCUT2D eigenvalue weighted by atomic mass is 9.67. The monoisotopic (exact) mass is 536 g/mol. The zero-order chi connectivity index (χ0) is 28.6. The van der Waals surface area contributed by atoms with E-state index in [1.54, 1.807) is 32.9 Å². The van der Waals surface area contributed by atoms with Crippen molar-refractivity contribution in [1.29, 1.82) is 0 Å². The summed E-state index contributed by atoms with van der Waals surface area (Å²) in [6, 6.07) is 3.46. The Balaban J connectivity index is 1.61. The van der Waals surface area contributed by atoms with Crippen molar-refractivity contribution in [2.24, 2.45) is 5.41 Å². The van der Waals surface area contributed by atoms with E-state index in [-0.39, 0.29) is 12.0 Å². The second-order valence-corrected chi connectivity index (χ2v) is 11.6. The number of nitrogens with zero attached hydrogens (tertiary/aromatic N) is 5. The zero-order valence-electron chi connectivity index (χ0n) is 22.9. The summed E-state index contributed by atoms with van der Waals surface area (Å²) in [6.45, 7) is 6.83. The fourth-order valence-corrected chi connectivity index (χ4v) is 6.12. The van der Waals surface area contributed by atoms with E-state index in [1.807, 2.05) is 13.1 Å². The molecule has 5 rings (SSSR count). The molecular formula is C27H32N6O6. The number of hydrogen-bond acceptors (Lipinski definition) is 8. The van der Waals surface area contributed by atoms with Gasteiger partial charge >= 0.3 is 12.1 Å². The van der Waals surface area contributed by atoms with Gasteiger partial charge in [-0.05, 0) is 63.6 Å². The van der Waals surface area contributed by atoms with Gasteiger partial charge in [-0.15, -0.1) is 0 Å². The fourth-order valence-electron chi connectivity index (χ4n) is 6.12. The van der Waals surface area contributed by atoms with Crippen molar-refractivity contribution in [3.63, 3.8) is 0 Å². The molecule has 39 heavy (non-hydrogen) atoms. The largest absolute Gasteiger partial charge is 0.364 e. The minimum atomic E-state index is -1.52. The first kappa shape index (κ1) is 26.5. The summed E-state index contributed by atoms with van der Waals surface area (Å²) in [6.07, 6.45) is 1.47. The van der Waals surface area contributed by atoms with Crippen LogP contribution >= 0.6 is 0 Å². The molecule has 4 heterocycles. The van der Waals surface area contributed by atoms with Crippen LogP contribution in [0.4, 0.5) is 15.3 Å². The van der Waals surface area contributed by atoms with Gasteiger partial charge in [0.1, 0.15) is 5.57 Å². The van der Waals surface area contributed by atoms with Gasteiger partial charge in [0.15, 0.2) is 5.41 Å². The number of imide groups is 4. The predicted octanol–water partition coefficient (Wildman–Crippen LogP) is 0.660. The van der Waals surface area contributed by atoms with E-state index in [1.165, 1.54) is 20.2 Å². The molecule has 0 bridgehead atoms. The van der Waals surface area contributed by atoms with Crippen LogP contribution in [-0.4, -0.2) is 108 Å². The van der Waals surface area contributed by atoms with E-state index in [0.29, 0.717) is 24.2 Å². The first-order chi connectivity index (χ1) is 18.2. The van der Waals surface area contributed by atoms with E-state index < -0.39 is 52.7 Å². The van der Waals surface area contributed by atoms with Crippen molar-refractivity contribution in [1.82, 2.24) is 24.9 Å². The molecule has 4 aliphatic rings. The van der Waals surface area contributed by atoms with Crippen LogP contribution in [-0.2, 0) is 25.6 Å². The summed E-state index contributed by atoms with van der Waals surface area (Å²) in [7, 11) is 4.71. The van der Waals surface area contributed by atoms with Crippen molar-refractivity contribution in [3.05, 3.63) is 34.9 Å². The highest BCUT2D eigenvalue weighted by Gasteiger charge is 2.63. The summed E-state index contributed by atoms with van der Waals surface area (Å²) in [4.78, 5) is 85.4. The first-order valence-corrected chi connectivity index (χ1v) is 12.8. The van der Waals surface area contributed by atoms with Crippen LogP contribution in [0.25, 0.3) is 6.08 Å². The van der Waals surface area contributed by atoms with E-state index in [2.05, 4.69) is 15.1 Å². The molecule has 8 amide bonds. The van der Waals surface area contributed by atoms with Crippen LogP contribution in [0, 0.1) is 5.41 Å². The summed E-state index contributed by atoms with van der Waals surface area (Å²) < 4.78 is 0. The van der Waals surface area contributed by atoms with Gasteiger partial charge in [-0.25, -0.2) is 9.59 Å². The Morgan fingerprint density at radius 1 is 0.949 bits per heavy atom. The summed E-state index contributed by atoms with van der Waals surface area (Å²) in [5, 5.41) is 2.23. The molecule has 1 aromatic rings. The standard InChI is InChI=1S/C27H32N6O6/c1-26(2,3)33-21(35)17(20(34)28-24(33)38)12-15-7-8-18-16(11-15)13-27(19-14-29(4)9-10-32(18)19)22(36)30(5)25(39)31(6)23(27)37/h7-8,11-12,19H,9-10,13-14H2,1-6H3,(H,28,34,38). The van der Waals surface area contributed by atoms with Gasteiger partial charge in [-0.1, -0.05) is 6.07 Å². The van der Waals surface area contributed by atoms with Crippen molar-refractivity contribution in [3.8, 4) is 0 Å². The molecule has 0 saturated carbocycles. The van der Waals surface area contributed by atoms with Gasteiger partial charge in [-0.2, -0.15) is 0 Å². The average Bonchev–Trinajstić information content (AvgIpc) is 2.86. The molecule has 4 aliphatic heterocycles. The topological polar surface area (TPSA) is 131 Å². The minimum absolute atomic E-state index is 0.0563. The van der Waals surface area contributed by atoms with Crippen LogP contribution in [0.3, 0.4) is 0 Å². The van der Waals surface area contributed by atoms with Crippen LogP contribution < -0.4 is 10.2 Å². The van der Waals surface area contributed by atoms with Crippen LogP contribution in [0.2, 0.25) is 0 Å².